The van der Waals surface area contributed by atoms with E-state index in [1.54, 1.807) is 25.1 Å². The fourth-order valence-electron chi connectivity index (χ4n) is 4.48. The van der Waals surface area contributed by atoms with E-state index in [1.807, 2.05) is 12.1 Å². The highest BCUT2D eigenvalue weighted by molar-refractivity contribution is 5.93. The van der Waals surface area contributed by atoms with Crippen LogP contribution in [0.25, 0.3) is 0 Å². The van der Waals surface area contributed by atoms with Gasteiger partial charge in [-0.3, -0.25) is 0 Å². The Hall–Kier alpha value is -2.76. The summed E-state index contributed by atoms with van der Waals surface area (Å²) in [7, 11) is 1.31. The second kappa shape index (κ2) is 6.69. The van der Waals surface area contributed by atoms with Gasteiger partial charge in [0.15, 0.2) is 0 Å². The number of carbonyl (C=O) groups is 1. The lowest BCUT2D eigenvalue weighted by Crippen LogP contribution is -2.31. The number of methoxy groups -OCH3 is 1. The number of carbonyl (C=O) groups excluding carboxylic acids is 1. The third kappa shape index (κ3) is 2.87. The monoisotopic (exact) mass is 387 g/mol. The lowest BCUT2D eigenvalue weighted by Gasteiger charge is -2.39. The van der Waals surface area contributed by atoms with Crippen molar-refractivity contribution in [3.63, 3.8) is 0 Å². The molecule has 0 spiro atoms. The zero-order valence-corrected chi connectivity index (χ0v) is 15.5. The van der Waals surface area contributed by atoms with Gasteiger partial charge in [0, 0.05) is 11.6 Å². The number of fused-ring (bicyclic) bond motifs is 3. The van der Waals surface area contributed by atoms with E-state index in [1.165, 1.54) is 13.2 Å². The molecule has 1 N–H and O–H groups in total. The van der Waals surface area contributed by atoms with E-state index >= 15 is 0 Å². The number of benzene rings is 2. The van der Waals surface area contributed by atoms with Crippen LogP contribution in [-0.4, -0.2) is 13.1 Å². The SMILES string of the molecule is COC(=O)c1ccc2c(c1C)N[C@H](c1ccccc1C(F)(F)F)[C@@H]1CC=C[C@@H]21. The van der Waals surface area contributed by atoms with Crippen LogP contribution in [0.3, 0.4) is 0 Å². The predicted octanol–water partition coefficient (Wildman–Crippen LogP) is 5.63. The Bertz CT molecular complexity index is 965. The Morgan fingerprint density at radius 1 is 1.14 bits per heavy atom. The fraction of sp³-hybridized carbons (Fsp3) is 0.318. The van der Waals surface area contributed by atoms with Gasteiger partial charge < -0.3 is 10.1 Å². The van der Waals surface area contributed by atoms with E-state index < -0.39 is 23.8 Å². The van der Waals surface area contributed by atoms with Crippen LogP contribution < -0.4 is 5.32 Å². The highest BCUT2D eigenvalue weighted by Gasteiger charge is 2.43. The summed E-state index contributed by atoms with van der Waals surface area (Å²) in [5.74, 6) is -0.467. The van der Waals surface area contributed by atoms with Crippen LogP contribution >= 0.6 is 0 Å². The minimum atomic E-state index is -4.43. The molecule has 1 aliphatic carbocycles. The van der Waals surface area contributed by atoms with Crippen molar-refractivity contribution in [1.82, 2.24) is 0 Å². The number of allylic oxidation sites excluding steroid dienone is 2. The lowest BCUT2D eigenvalue weighted by atomic mass is 9.75. The summed E-state index contributed by atoms with van der Waals surface area (Å²) < 4.78 is 45.7. The van der Waals surface area contributed by atoms with Crippen molar-refractivity contribution >= 4 is 11.7 Å². The molecule has 3 atom stereocenters. The second-order valence-electron chi connectivity index (χ2n) is 7.25. The van der Waals surface area contributed by atoms with Crippen LogP contribution in [0.15, 0.2) is 48.6 Å². The second-order valence-corrected chi connectivity index (χ2v) is 7.25. The van der Waals surface area contributed by atoms with Gasteiger partial charge in [0.2, 0.25) is 0 Å². The Morgan fingerprint density at radius 3 is 2.61 bits per heavy atom. The molecule has 2 aliphatic rings. The first-order valence-corrected chi connectivity index (χ1v) is 9.14. The van der Waals surface area contributed by atoms with Crippen LogP contribution in [0, 0.1) is 12.8 Å². The summed E-state index contributed by atoms with van der Waals surface area (Å²) in [6, 6.07) is 8.82. The van der Waals surface area contributed by atoms with E-state index in [4.69, 9.17) is 4.74 Å². The number of nitrogens with one attached hydrogen (secondary N) is 1. The molecule has 0 saturated carbocycles. The molecule has 3 nitrogen and oxygen atoms in total. The average molecular weight is 387 g/mol. The summed E-state index contributed by atoms with van der Waals surface area (Å²) in [4.78, 5) is 12.1. The molecule has 1 aliphatic heterocycles. The Balaban J connectivity index is 1.86. The average Bonchev–Trinajstić information content (AvgIpc) is 3.16. The zero-order valence-electron chi connectivity index (χ0n) is 15.5. The molecular weight excluding hydrogens is 367 g/mol. The topological polar surface area (TPSA) is 38.3 Å². The molecule has 0 unspecified atom stereocenters. The number of halogens is 3. The van der Waals surface area contributed by atoms with Gasteiger partial charge in [-0.1, -0.05) is 36.4 Å². The molecule has 0 amide bonds. The first-order valence-electron chi connectivity index (χ1n) is 9.14. The third-order valence-electron chi connectivity index (χ3n) is 5.80. The standard InChI is InChI=1S/C22H20F3NO2/c1-12-13(21(27)28-2)10-11-16-14-7-5-8-15(14)20(26-19(12)16)17-6-3-4-9-18(17)22(23,24)25/h3-7,9-11,14-15,20,26H,8H2,1-2H3/t14-,15-,20+/m1/s1. The van der Waals surface area contributed by atoms with Gasteiger partial charge in [-0.2, -0.15) is 13.2 Å². The number of anilines is 1. The van der Waals surface area contributed by atoms with Crippen molar-refractivity contribution in [2.75, 3.05) is 12.4 Å². The van der Waals surface area contributed by atoms with Crippen LogP contribution in [0.5, 0.6) is 0 Å². The number of alkyl halides is 3. The van der Waals surface area contributed by atoms with E-state index in [9.17, 15) is 18.0 Å². The van der Waals surface area contributed by atoms with E-state index in [0.717, 1.165) is 17.3 Å². The van der Waals surface area contributed by atoms with Crippen molar-refractivity contribution in [3.8, 4) is 0 Å². The predicted molar refractivity (Wildman–Crippen MR) is 100 cm³/mol. The summed E-state index contributed by atoms with van der Waals surface area (Å²) in [6.45, 7) is 1.80. The minimum absolute atomic E-state index is 0.00735. The molecule has 6 heteroatoms. The van der Waals surface area contributed by atoms with Gasteiger partial charge >= 0.3 is 12.1 Å². The Morgan fingerprint density at radius 2 is 1.89 bits per heavy atom. The largest absolute Gasteiger partial charge is 0.465 e. The molecule has 1 heterocycles. The van der Waals surface area contributed by atoms with Gasteiger partial charge in [-0.25, -0.2) is 4.79 Å². The van der Waals surface area contributed by atoms with Crippen molar-refractivity contribution in [1.29, 1.82) is 0 Å². The van der Waals surface area contributed by atoms with Gasteiger partial charge in [0.1, 0.15) is 0 Å². The van der Waals surface area contributed by atoms with Crippen LogP contribution in [0.4, 0.5) is 18.9 Å². The number of hydrogen-bond donors (Lipinski definition) is 1. The first kappa shape index (κ1) is 18.6. The smallest absolute Gasteiger partial charge is 0.416 e. The van der Waals surface area contributed by atoms with Crippen molar-refractivity contribution in [2.45, 2.75) is 31.5 Å². The first-order chi connectivity index (χ1) is 13.3. The number of esters is 1. The van der Waals surface area contributed by atoms with Gasteiger partial charge in [-0.15, -0.1) is 0 Å². The fourth-order valence-corrected chi connectivity index (χ4v) is 4.48. The molecule has 28 heavy (non-hydrogen) atoms. The van der Waals surface area contributed by atoms with Gasteiger partial charge in [0.25, 0.3) is 0 Å². The van der Waals surface area contributed by atoms with E-state index in [-0.39, 0.29) is 17.4 Å². The van der Waals surface area contributed by atoms with Crippen molar-refractivity contribution in [2.24, 2.45) is 5.92 Å². The minimum Gasteiger partial charge on any atom is -0.465 e. The molecule has 0 aromatic heterocycles. The van der Waals surface area contributed by atoms with E-state index in [0.29, 0.717) is 17.5 Å². The quantitative estimate of drug-likeness (QED) is 0.536. The van der Waals surface area contributed by atoms with Gasteiger partial charge in [0.05, 0.1) is 24.3 Å². The maximum absolute atomic E-state index is 13.6. The Kier molecular flexibility index (Phi) is 4.44. The van der Waals surface area contributed by atoms with Crippen molar-refractivity contribution in [3.05, 3.63) is 76.4 Å². The van der Waals surface area contributed by atoms with Crippen LogP contribution in [0.2, 0.25) is 0 Å². The summed E-state index contributed by atoms with van der Waals surface area (Å²) in [6.07, 6.45) is 0.360. The molecule has 0 saturated heterocycles. The number of hydrogen-bond acceptors (Lipinski definition) is 3. The Labute approximate surface area is 161 Å². The van der Waals surface area contributed by atoms with Crippen LogP contribution in [-0.2, 0) is 10.9 Å². The summed E-state index contributed by atoms with van der Waals surface area (Å²) in [5.41, 5.74) is 2.45. The number of rotatable bonds is 2. The lowest BCUT2D eigenvalue weighted by molar-refractivity contribution is -0.138. The molecule has 2 aromatic carbocycles. The molecule has 146 valence electrons. The maximum Gasteiger partial charge on any atom is 0.416 e. The normalized spacial score (nSPS) is 23.0. The zero-order chi connectivity index (χ0) is 20.1. The summed E-state index contributed by atoms with van der Waals surface area (Å²) >= 11 is 0. The molecule has 0 fully saturated rings. The number of ether oxygens (including phenoxy) is 1. The highest BCUT2D eigenvalue weighted by atomic mass is 19.4. The summed E-state index contributed by atoms with van der Waals surface area (Å²) in [5, 5.41) is 3.34. The molecule has 2 aromatic rings. The molecule has 0 bridgehead atoms. The third-order valence-corrected chi connectivity index (χ3v) is 5.80. The molecule has 4 rings (SSSR count). The van der Waals surface area contributed by atoms with Crippen LogP contribution in [0.1, 0.15) is 51.0 Å². The van der Waals surface area contributed by atoms with Crippen molar-refractivity contribution < 1.29 is 22.7 Å². The van der Waals surface area contributed by atoms with Gasteiger partial charge in [-0.05, 0) is 48.1 Å². The molecule has 0 radical (unpaired) electrons. The highest BCUT2D eigenvalue weighted by Crippen LogP contribution is 2.52. The van der Waals surface area contributed by atoms with E-state index in [2.05, 4.69) is 11.4 Å². The molecular formula is C22H20F3NO2. The maximum atomic E-state index is 13.6.